The van der Waals surface area contributed by atoms with Crippen LogP contribution in [0.2, 0.25) is 0 Å². The van der Waals surface area contributed by atoms with Gasteiger partial charge >= 0.3 is 5.97 Å². The molecule has 1 N–H and O–H groups in total. The van der Waals surface area contributed by atoms with E-state index in [0.29, 0.717) is 23.7 Å². The van der Waals surface area contributed by atoms with Gasteiger partial charge in [-0.2, -0.15) is 0 Å². The van der Waals surface area contributed by atoms with E-state index < -0.39 is 0 Å². The number of hydrogen-bond acceptors (Lipinski definition) is 4. The lowest BCUT2D eigenvalue weighted by atomic mass is 10.2. The minimum atomic E-state index is -0.326. The number of carbonyl (C=O) groups is 1. The van der Waals surface area contributed by atoms with Crippen LogP contribution in [-0.2, 0) is 4.74 Å². The SMILES string of the molecule is CCC[NH+](CCC)CCOC(=O)c1ccc(OC)c(OC)c1. The summed E-state index contributed by atoms with van der Waals surface area (Å²) in [5, 5.41) is 0. The molecule has 22 heavy (non-hydrogen) atoms. The Morgan fingerprint density at radius 2 is 1.64 bits per heavy atom. The fraction of sp³-hybridized carbons (Fsp3) is 0.588. The second-order valence-corrected chi connectivity index (χ2v) is 5.21. The van der Waals surface area contributed by atoms with Gasteiger partial charge in [0.15, 0.2) is 11.5 Å². The molecule has 0 spiro atoms. The number of hydrogen-bond donors (Lipinski definition) is 1. The maximum Gasteiger partial charge on any atom is 0.338 e. The van der Waals surface area contributed by atoms with Crippen LogP contribution in [0.5, 0.6) is 11.5 Å². The Morgan fingerprint density at radius 1 is 1.00 bits per heavy atom. The first kappa shape index (κ1) is 18.3. The lowest BCUT2D eigenvalue weighted by Crippen LogP contribution is -3.12. The summed E-state index contributed by atoms with van der Waals surface area (Å²) >= 11 is 0. The zero-order chi connectivity index (χ0) is 16.4. The molecule has 5 heteroatoms. The first-order valence-corrected chi connectivity index (χ1v) is 7.88. The van der Waals surface area contributed by atoms with Crippen LogP contribution in [0.4, 0.5) is 0 Å². The Bertz CT molecular complexity index is 456. The molecule has 0 atom stereocenters. The topological polar surface area (TPSA) is 49.2 Å². The van der Waals surface area contributed by atoms with Crippen molar-refractivity contribution in [2.45, 2.75) is 26.7 Å². The Balaban J connectivity index is 2.54. The summed E-state index contributed by atoms with van der Waals surface area (Å²) in [5.74, 6) is 0.801. The summed E-state index contributed by atoms with van der Waals surface area (Å²) in [4.78, 5) is 13.6. The van der Waals surface area contributed by atoms with Gasteiger partial charge in [-0.15, -0.1) is 0 Å². The maximum absolute atomic E-state index is 12.1. The highest BCUT2D eigenvalue weighted by Crippen LogP contribution is 2.27. The van der Waals surface area contributed by atoms with Gasteiger partial charge < -0.3 is 19.1 Å². The van der Waals surface area contributed by atoms with E-state index in [0.717, 1.165) is 32.5 Å². The molecule has 0 aliphatic rings. The fourth-order valence-electron chi connectivity index (χ4n) is 2.42. The second-order valence-electron chi connectivity index (χ2n) is 5.21. The quantitative estimate of drug-likeness (QED) is 0.667. The number of quaternary nitrogens is 1. The zero-order valence-corrected chi connectivity index (χ0v) is 14.1. The Labute approximate surface area is 133 Å². The van der Waals surface area contributed by atoms with E-state index in [1.807, 2.05) is 0 Å². The van der Waals surface area contributed by atoms with Crippen molar-refractivity contribution in [3.63, 3.8) is 0 Å². The maximum atomic E-state index is 12.1. The van der Waals surface area contributed by atoms with Gasteiger partial charge in [0.2, 0.25) is 0 Å². The highest BCUT2D eigenvalue weighted by molar-refractivity contribution is 5.90. The van der Waals surface area contributed by atoms with E-state index >= 15 is 0 Å². The summed E-state index contributed by atoms with van der Waals surface area (Å²) < 4.78 is 15.7. The molecule has 1 aromatic carbocycles. The fourth-order valence-corrected chi connectivity index (χ4v) is 2.42. The van der Waals surface area contributed by atoms with Crippen molar-refractivity contribution < 1.29 is 23.9 Å². The van der Waals surface area contributed by atoms with Crippen molar-refractivity contribution in [1.82, 2.24) is 0 Å². The van der Waals surface area contributed by atoms with E-state index in [9.17, 15) is 4.79 Å². The standard InChI is InChI=1S/C17H27NO4/c1-5-9-18(10-6-2)11-12-22-17(19)14-7-8-15(20-3)16(13-14)21-4/h7-8,13H,5-6,9-12H2,1-4H3/p+1. The predicted octanol–water partition coefficient (Wildman–Crippen LogP) is 1.57. The monoisotopic (exact) mass is 310 g/mol. The van der Waals surface area contributed by atoms with E-state index in [4.69, 9.17) is 14.2 Å². The number of carbonyl (C=O) groups excluding carboxylic acids is 1. The van der Waals surface area contributed by atoms with Gasteiger partial charge in [-0.1, -0.05) is 13.8 Å². The van der Waals surface area contributed by atoms with Gasteiger partial charge in [0.05, 0.1) is 32.9 Å². The molecule has 0 saturated heterocycles. The lowest BCUT2D eigenvalue weighted by molar-refractivity contribution is -0.900. The minimum absolute atomic E-state index is 0.326. The van der Waals surface area contributed by atoms with Gasteiger partial charge in [0, 0.05) is 0 Å². The molecule has 5 nitrogen and oxygen atoms in total. The molecule has 0 bridgehead atoms. The van der Waals surface area contributed by atoms with Crippen LogP contribution in [0.1, 0.15) is 37.0 Å². The average molecular weight is 310 g/mol. The molecular weight excluding hydrogens is 282 g/mol. The number of esters is 1. The average Bonchev–Trinajstić information content (AvgIpc) is 2.54. The summed E-state index contributed by atoms with van der Waals surface area (Å²) in [5.41, 5.74) is 0.477. The number of benzene rings is 1. The molecule has 0 fully saturated rings. The van der Waals surface area contributed by atoms with Crippen LogP contribution in [0, 0.1) is 0 Å². The van der Waals surface area contributed by atoms with Crippen LogP contribution < -0.4 is 14.4 Å². The van der Waals surface area contributed by atoms with E-state index in [-0.39, 0.29) is 5.97 Å². The molecule has 1 rings (SSSR count). The highest BCUT2D eigenvalue weighted by atomic mass is 16.5. The molecular formula is C17H28NO4+. The van der Waals surface area contributed by atoms with Crippen LogP contribution in [0.3, 0.4) is 0 Å². The first-order valence-electron chi connectivity index (χ1n) is 7.88. The van der Waals surface area contributed by atoms with E-state index in [2.05, 4.69) is 13.8 Å². The third-order valence-corrected chi connectivity index (χ3v) is 3.52. The predicted molar refractivity (Wildman–Crippen MR) is 86.0 cm³/mol. The minimum Gasteiger partial charge on any atom is -0.493 e. The number of methoxy groups -OCH3 is 2. The summed E-state index contributed by atoms with van der Waals surface area (Å²) in [6.45, 7) is 7.85. The molecule has 124 valence electrons. The number of nitrogens with one attached hydrogen (secondary N) is 1. The van der Waals surface area contributed by atoms with Crippen LogP contribution >= 0.6 is 0 Å². The Kier molecular flexibility index (Phi) is 8.36. The van der Waals surface area contributed by atoms with Crippen LogP contribution in [0.15, 0.2) is 18.2 Å². The van der Waals surface area contributed by atoms with Crippen molar-refractivity contribution in [3.8, 4) is 11.5 Å². The summed E-state index contributed by atoms with van der Waals surface area (Å²) in [7, 11) is 3.11. The van der Waals surface area contributed by atoms with E-state index in [1.165, 1.54) is 4.90 Å². The van der Waals surface area contributed by atoms with Crippen molar-refractivity contribution in [1.29, 1.82) is 0 Å². The number of rotatable bonds is 10. The molecule has 0 unspecified atom stereocenters. The van der Waals surface area contributed by atoms with E-state index in [1.54, 1.807) is 32.4 Å². The molecule has 0 radical (unpaired) electrons. The molecule has 0 aliphatic heterocycles. The zero-order valence-electron chi connectivity index (χ0n) is 14.1. The van der Waals surface area contributed by atoms with Crippen LogP contribution in [0.25, 0.3) is 0 Å². The van der Waals surface area contributed by atoms with Crippen molar-refractivity contribution >= 4 is 5.97 Å². The lowest BCUT2D eigenvalue weighted by Gasteiger charge is -2.18. The molecule has 0 saturated carbocycles. The second kappa shape index (κ2) is 10.1. The largest absolute Gasteiger partial charge is 0.493 e. The molecule has 0 aliphatic carbocycles. The molecule has 1 aromatic rings. The number of ether oxygens (including phenoxy) is 3. The molecule has 0 amide bonds. The van der Waals surface area contributed by atoms with Crippen molar-refractivity contribution in [2.24, 2.45) is 0 Å². The molecule has 0 aromatic heterocycles. The normalized spacial score (nSPS) is 10.6. The Morgan fingerprint density at radius 3 is 2.18 bits per heavy atom. The van der Waals surface area contributed by atoms with Gasteiger partial charge in [-0.05, 0) is 31.0 Å². The Hall–Kier alpha value is -1.75. The third-order valence-electron chi connectivity index (χ3n) is 3.52. The molecule has 0 heterocycles. The smallest absolute Gasteiger partial charge is 0.338 e. The third kappa shape index (κ3) is 5.56. The van der Waals surface area contributed by atoms with Crippen molar-refractivity contribution in [3.05, 3.63) is 23.8 Å². The summed E-state index contributed by atoms with van der Waals surface area (Å²) in [6.07, 6.45) is 2.28. The summed E-state index contributed by atoms with van der Waals surface area (Å²) in [6, 6.07) is 5.04. The van der Waals surface area contributed by atoms with Gasteiger partial charge in [-0.3, -0.25) is 0 Å². The van der Waals surface area contributed by atoms with Crippen LogP contribution in [-0.4, -0.2) is 46.4 Å². The van der Waals surface area contributed by atoms with Gasteiger partial charge in [0.1, 0.15) is 13.2 Å². The first-order chi connectivity index (χ1) is 10.7. The highest BCUT2D eigenvalue weighted by Gasteiger charge is 2.13. The van der Waals surface area contributed by atoms with Gasteiger partial charge in [0.25, 0.3) is 0 Å². The van der Waals surface area contributed by atoms with Crippen molar-refractivity contribution in [2.75, 3.05) is 40.5 Å². The van der Waals surface area contributed by atoms with Gasteiger partial charge in [-0.25, -0.2) is 4.79 Å².